The minimum atomic E-state index is -0.261. The van der Waals surface area contributed by atoms with E-state index in [4.69, 9.17) is 0 Å². The van der Waals surface area contributed by atoms with E-state index in [1.165, 1.54) is 5.56 Å². The summed E-state index contributed by atoms with van der Waals surface area (Å²) in [6.45, 7) is 11.1. The first kappa shape index (κ1) is 12.5. The zero-order valence-electron chi connectivity index (χ0n) is 10.3. The summed E-state index contributed by atoms with van der Waals surface area (Å²) in [5, 5.41) is 11.1. The molecular formula is C13H21OP. The number of aryl methyl sites for hydroxylation is 1. The highest BCUT2D eigenvalue weighted by molar-refractivity contribution is 7.67. The van der Waals surface area contributed by atoms with Gasteiger partial charge in [-0.2, -0.15) is 0 Å². The van der Waals surface area contributed by atoms with Gasteiger partial charge in [-0.15, -0.1) is 0 Å². The zero-order valence-corrected chi connectivity index (χ0v) is 11.2. The Kier molecular flexibility index (Phi) is 4.16. The molecule has 0 aliphatic heterocycles. The molecule has 2 heteroatoms. The third kappa shape index (κ3) is 2.95. The lowest BCUT2D eigenvalue weighted by Gasteiger charge is -2.27. The first-order valence-electron chi connectivity index (χ1n) is 5.51. The lowest BCUT2D eigenvalue weighted by atomic mass is 10.2. The van der Waals surface area contributed by atoms with Crippen molar-refractivity contribution in [3.05, 3.63) is 23.8 Å². The second kappa shape index (κ2) is 4.99. The van der Waals surface area contributed by atoms with Crippen LogP contribution in [0.1, 0.15) is 33.3 Å². The van der Waals surface area contributed by atoms with Crippen LogP contribution in [0.15, 0.2) is 18.2 Å². The number of hydrogen-bond donors (Lipinski definition) is 1. The summed E-state index contributed by atoms with van der Waals surface area (Å²) < 4.78 is 0. The van der Waals surface area contributed by atoms with E-state index in [1.807, 2.05) is 12.1 Å². The van der Waals surface area contributed by atoms with E-state index in [1.54, 1.807) is 0 Å². The van der Waals surface area contributed by atoms with Gasteiger partial charge in [0, 0.05) is 5.30 Å². The van der Waals surface area contributed by atoms with Crippen LogP contribution in [0.25, 0.3) is 0 Å². The van der Waals surface area contributed by atoms with Gasteiger partial charge in [0.05, 0.1) is 0 Å². The van der Waals surface area contributed by atoms with E-state index >= 15 is 0 Å². The van der Waals surface area contributed by atoms with Crippen molar-refractivity contribution >= 4 is 13.2 Å². The van der Waals surface area contributed by atoms with Crippen LogP contribution >= 0.6 is 7.92 Å². The van der Waals surface area contributed by atoms with E-state index in [0.717, 1.165) is 5.30 Å². The summed E-state index contributed by atoms with van der Waals surface area (Å²) in [6.07, 6.45) is 0. The number of phenolic OH excluding ortho intramolecular Hbond substituents is 1. The number of phenols is 1. The van der Waals surface area contributed by atoms with Crippen LogP contribution in [0.3, 0.4) is 0 Å². The molecule has 1 rings (SSSR count). The Bertz CT molecular complexity index is 323. The smallest absolute Gasteiger partial charge is 0.123 e. The highest BCUT2D eigenvalue weighted by atomic mass is 31.1. The van der Waals surface area contributed by atoms with E-state index < -0.39 is 0 Å². The van der Waals surface area contributed by atoms with Gasteiger partial charge in [-0.05, 0) is 30.4 Å². The monoisotopic (exact) mass is 224 g/mol. The fourth-order valence-corrected chi connectivity index (χ4v) is 4.99. The minimum Gasteiger partial charge on any atom is -0.507 e. The van der Waals surface area contributed by atoms with Crippen molar-refractivity contribution in [1.29, 1.82) is 0 Å². The minimum absolute atomic E-state index is 0.261. The number of hydrogen-bond acceptors (Lipinski definition) is 1. The maximum atomic E-state index is 9.92. The van der Waals surface area contributed by atoms with Gasteiger partial charge in [0.25, 0.3) is 0 Å². The lowest BCUT2D eigenvalue weighted by Crippen LogP contribution is -2.15. The van der Waals surface area contributed by atoms with Crippen LogP contribution in [0.5, 0.6) is 5.75 Å². The molecule has 0 saturated carbocycles. The van der Waals surface area contributed by atoms with Crippen LogP contribution < -0.4 is 5.30 Å². The molecule has 0 spiro atoms. The first-order chi connectivity index (χ1) is 6.93. The fourth-order valence-electron chi connectivity index (χ4n) is 1.99. The van der Waals surface area contributed by atoms with E-state index in [2.05, 4.69) is 40.7 Å². The number of rotatable bonds is 3. The largest absolute Gasteiger partial charge is 0.507 e. The summed E-state index contributed by atoms with van der Waals surface area (Å²) in [6, 6.07) is 5.93. The van der Waals surface area contributed by atoms with E-state index in [-0.39, 0.29) is 7.92 Å². The van der Waals surface area contributed by atoms with Crippen LogP contribution in [0.2, 0.25) is 0 Å². The summed E-state index contributed by atoms with van der Waals surface area (Å²) >= 11 is 0. The molecule has 0 radical (unpaired) electrons. The van der Waals surface area contributed by atoms with Gasteiger partial charge in [0.15, 0.2) is 0 Å². The average Bonchev–Trinajstić information content (AvgIpc) is 2.10. The third-order valence-corrected chi connectivity index (χ3v) is 5.66. The Balaban J connectivity index is 3.16. The van der Waals surface area contributed by atoms with Crippen molar-refractivity contribution in [3.8, 4) is 5.75 Å². The maximum Gasteiger partial charge on any atom is 0.123 e. The molecule has 0 amide bonds. The SMILES string of the molecule is Cc1ccc(O)c(P(C(C)C)C(C)C)c1. The lowest BCUT2D eigenvalue weighted by molar-refractivity contribution is 0.479. The Labute approximate surface area is 94.3 Å². The van der Waals surface area contributed by atoms with Gasteiger partial charge in [-0.1, -0.05) is 47.2 Å². The van der Waals surface area contributed by atoms with Gasteiger partial charge in [-0.25, -0.2) is 0 Å². The molecular weight excluding hydrogens is 203 g/mol. The topological polar surface area (TPSA) is 20.2 Å². The highest BCUT2D eigenvalue weighted by Gasteiger charge is 2.21. The van der Waals surface area contributed by atoms with E-state index in [0.29, 0.717) is 17.1 Å². The molecule has 0 atom stereocenters. The molecule has 1 aromatic rings. The predicted octanol–water partition coefficient (Wildman–Crippen LogP) is 3.62. The Morgan fingerprint density at radius 3 is 2.07 bits per heavy atom. The van der Waals surface area contributed by atoms with Crippen LogP contribution in [0.4, 0.5) is 0 Å². The molecule has 1 nitrogen and oxygen atoms in total. The second-order valence-electron chi connectivity index (χ2n) is 4.59. The molecule has 1 N–H and O–H groups in total. The van der Waals surface area contributed by atoms with Crippen molar-refractivity contribution in [2.24, 2.45) is 0 Å². The molecule has 0 fully saturated rings. The van der Waals surface area contributed by atoms with Crippen molar-refractivity contribution in [2.45, 2.75) is 45.9 Å². The van der Waals surface area contributed by atoms with Crippen LogP contribution in [0, 0.1) is 6.92 Å². The number of benzene rings is 1. The zero-order chi connectivity index (χ0) is 11.6. The quantitative estimate of drug-likeness (QED) is 0.777. The Hall–Kier alpha value is -0.550. The molecule has 1 aromatic carbocycles. The first-order valence-corrected chi connectivity index (χ1v) is 6.99. The predicted molar refractivity (Wildman–Crippen MR) is 69.7 cm³/mol. The number of aromatic hydroxyl groups is 1. The fraction of sp³-hybridized carbons (Fsp3) is 0.538. The van der Waals surface area contributed by atoms with Crippen LogP contribution in [-0.2, 0) is 0 Å². The van der Waals surface area contributed by atoms with Gasteiger partial charge in [-0.3, -0.25) is 0 Å². The molecule has 0 unspecified atom stereocenters. The standard InChI is InChI=1S/C13H21OP/c1-9(2)15(10(3)4)13-8-11(5)6-7-12(13)14/h6-10,14H,1-5H3. The van der Waals surface area contributed by atoms with E-state index in [9.17, 15) is 5.11 Å². The normalized spacial score (nSPS) is 11.7. The van der Waals surface area contributed by atoms with Crippen molar-refractivity contribution in [1.82, 2.24) is 0 Å². The molecule has 0 saturated heterocycles. The molecule has 0 bridgehead atoms. The summed E-state index contributed by atoms with van der Waals surface area (Å²) in [7, 11) is -0.261. The molecule has 0 aliphatic rings. The van der Waals surface area contributed by atoms with Gasteiger partial charge < -0.3 is 5.11 Å². The summed E-state index contributed by atoms with van der Waals surface area (Å²) in [5.74, 6) is 0.467. The van der Waals surface area contributed by atoms with Gasteiger partial charge in [0.1, 0.15) is 5.75 Å². The second-order valence-corrected chi connectivity index (χ2v) is 7.95. The molecule has 0 heterocycles. The Morgan fingerprint density at radius 1 is 1.07 bits per heavy atom. The summed E-state index contributed by atoms with van der Waals surface area (Å²) in [5.41, 5.74) is 2.47. The molecule has 15 heavy (non-hydrogen) atoms. The maximum absolute atomic E-state index is 9.92. The third-order valence-electron chi connectivity index (χ3n) is 2.52. The molecule has 0 aromatic heterocycles. The van der Waals surface area contributed by atoms with Gasteiger partial charge in [0.2, 0.25) is 0 Å². The van der Waals surface area contributed by atoms with Crippen molar-refractivity contribution in [2.75, 3.05) is 0 Å². The molecule has 84 valence electrons. The van der Waals surface area contributed by atoms with Crippen LogP contribution in [-0.4, -0.2) is 16.4 Å². The summed E-state index contributed by atoms with van der Waals surface area (Å²) in [4.78, 5) is 0. The molecule has 0 aliphatic carbocycles. The average molecular weight is 224 g/mol. The van der Waals surface area contributed by atoms with Crippen molar-refractivity contribution < 1.29 is 5.11 Å². The Morgan fingerprint density at radius 2 is 1.60 bits per heavy atom. The van der Waals surface area contributed by atoms with Gasteiger partial charge >= 0.3 is 0 Å². The van der Waals surface area contributed by atoms with Crippen molar-refractivity contribution in [3.63, 3.8) is 0 Å². The highest BCUT2D eigenvalue weighted by Crippen LogP contribution is 2.46.